The fraction of sp³-hybridized carbons (Fsp3) is 0.478. The molecule has 1 amide bonds. The zero-order chi connectivity index (χ0) is 20.9. The van der Waals surface area contributed by atoms with Crippen LogP contribution in [0.4, 0.5) is 5.82 Å². The van der Waals surface area contributed by atoms with E-state index in [1.807, 2.05) is 36.4 Å². The Kier molecular flexibility index (Phi) is 6.75. The molecule has 1 aromatic heterocycles. The SMILES string of the molecule is CC(Oc1ccc(C(C)(C)C)cc1)C(=O)NCc1cccnc1N1CCOCC1. The number of aromatic nitrogens is 1. The van der Waals surface area contributed by atoms with Crippen LogP contribution in [0.2, 0.25) is 0 Å². The van der Waals surface area contributed by atoms with Crippen LogP contribution in [0.5, 0.6) is 5.75 Å². The van der Waals surface area contributed by atoms with Crippen LogP contribution in [-0.2, 0) is 21.5 Å². The third-order valence-corrected chi connectivity index (χ3v) is 5.03. The Hall–Kier alpha value is -2.60. The molecule has 1 unspecified atom stereocenters. The van der Waals surface area contributed by atoms with Gasteiger partial charge in [0, 0.05) is 31.4 Å². The van der Waals surface area contributed by atoms with E-state index < -0.39 is 6.10 Å². The summed E-state index contributed by atoms with van der Waals surface area (Å²) in [7, 11) is 0. The van der Waals surface area contributed by atoms with Gasteiger partial charge >= 0.3 is 0 Å². The van der Waals surface area contributed by atoms with Crippen LogP contribution in [-0.4, -0.2) is 43.3 Å². The third kappa shape index (κ3) is 5.70. The number of nitrogens with one attached hydrogen (secondary N) is 1. The number of carbonyl (C=O) groups is 1. The van der Waals surface area contributed by atoms with Crippen molar-refractivity contribution < 1.29 is 14.3 Å². The minimum Gasteiger partial charge on any atom is -0.481 e. The number of ether oxygens (including phenoxy) is 2. The number of hydrogen-bond acceptors (Lipinski definition) is 5. The summed E-state index contributed by atoms with van der Waals surface area (Å²) >= 11 is 0. The van der Waals surface area contributed by atoms with E-state index in [2.05, 4.69) is 36.0 Å². The molecule has 3 rings (SSSR count). The number of carbonyl (C=O) groups excluding carboxylic acids is 1. The standard InChI is InChI=1S/C23H31N3O3/c1-17(29-20-9-7-19(8-10-20)23(2,3)4)22(27)25-16-18-6-5-11-24-21(18)26-12-14-28-15-13-26/h5-11,17H,12-16H2,1-4H3,(H,25,27). The average molecular weight is 398 g/mol. The van der Waals surface area contributed by atoms with Crippen molar-refractivity contribution in [3.8, 4) is 5.75 Å². The fourth-order valence-corrected chi connectivity index (χ4v) is 3.25. The van der Waals surface area contributed by atoms with Gasteiger partial charge in [0.2, 0.25) is 0 Å². The van der Waals surface area contributed by atoms with Crippen molar-refractivity contribution in [1.82, 2.24) is 10.3 Å². The molecule has 1 aliphatic heterocycles. The number of rotatable bonds is 6. The zero-order valence-electron chi connectivity index (χ0n) is 17.8. The molecule has 29 heavy (non-hydrogen) atoms. The summed E-state index contributed by atoms with van der Waals surface area (Å²) in [5, 5.41) is 2.97. The predicted octanol–water partition coefficient (Wildman–Crippen LogP) is 3.30. The highest BCUT2D eigenvalue weighted by molar-refractivity contribution is 5.80. The molecule has 0 radical (unpaired) electrons. The van der Waals surface area contributed by atoms with Crippen molar-refractivity contribution in [2.24, 2.45) is 0 Å². The van der Waals surface area contributed by atoms with Crippen molar-refractivity contribution in [3.05, 3.63) is 53.7 Å². The van der Waals surface area contributed by atoms with Crippen LogP contribution >= 0.6 is 0 Å². The van der Waals surface area contributed by atoms with E-state index in [9.17, 15) is 4.79 Å². The average Bonchev–Trinajstić information content (AvgIpc) is 2.72. The number of benzene rings is 1. The lowest BCUT2D eigenvalue weighted by Gasteiger charge is -2.29. The summed E-state index contributed by atoms with van der Waals surface area (Å²) in [6, 6.07) is 11.8. The van der Waals surface area contributed by atoms with E-state index in [0.717, 1.165) is 24.5 Å². The van der Waals surface area contributed by atoms with Crippen molar-refractivity contribution in [2.45, 2.75) is 45.8 Å². The maximum atomic E-state index is 12.5. The first kappa shape index (κ1) is 21.1. The lowest BCUT2D eigenvalue weighted by Crippen LogP contribution is -2.39. The van der Waals surface area contributed by atoms with Gasteiger partial charge in [0.1, 0.15) is 11.6 Å². The molecule has 1 N–H and O–H groups in total. The molecular formula is C23H31N3O3. The topological polar surface area (TPSA) is 63.7 Å². The molecule has 156 valence electrons. The second-order valence-corrected chi connectivity index (χ2v) is 8.34. The largest absolute Gasteiger partial charge is 0.481 e. The molecule has 1 aromatic carbocycles. The van der Waals surface area contributed by atoms with Crippen LogP contribution < -0.4 is 15.0 Å². The third-order valence-electron chi connectivity index (χ3n) is 5.03. The van der Waals surface area contributed by atoms with Crippen LogP contribution in [0.1, 0.15) is 38.8 Å². The van der Waals surface area contributed by atoms with Gasteiger partial charge < -0.3 is 19.7 Å². The molecule has 1 aliphatic rings. The Morgan fingerprint density at radius 3 is 2.55 bits per heavy atom. The van der Waals surface area contributed by atoms with Gasteiger partial charge in [-0.1, -0.05) is 39.0 Å². The number of morpholine rings is 1. The second-order valence-electron chi connectivity index (χ2n) is 8.34. The van der Waals surface area contributed by atoms with Crippen molar-refractivity contribution in [1.29, 1.82) is 0 Å². The molecule has 0 bridgehead atoms. The molecular weight excluding hydrogens is 366 g/mol. The van der Waals surface area contributed by atoms with E-state index in [1.165, 1.54) is 5.56 Å². The first-order valence-corrected chi connectivity index (χ1v) is 10.2. The van der Waals surface area contributed by atoms with Gasteiger partial charge in [-0.05, 0) is 36.1 Å². The molecule has 0 saturated carbocycles. The minimum absolute atomic E-state index is 0.0867. The van der Waals surface area contributed by atoms with Crippen LogP contribution in [0.25, 0.3) is 0 Å². The van der Waals surface area contributed by atoms with Crippen molar-refractivity contribution >= 4 is 11.7 Å². The first-order valence-electron chi connectivity index (χ1n) is 10.2. The molecule has 1 atom stereocenters. The number of hydrogen-bond donors (Lipinski definition) is 1. The Bertz CT molecular complexity index is 809. The lowest BCUT2D eigenvalue weighted by atomic mass is 9.87. The maximum Gasteiger partial charge on any atom is 0.261 e. The summed E-state index contributed by atoms with van der Waals surface area (Å²) in [5.41, 5.74) is 2.31. The number of anilines is 1. The fourth-order valence-electron chi connectivity index (χ4n) is 3.25. The van der Waals surface area contributed by atoms with Crippen LogP contribution in [0.15, 0.2) is 42.6 Å². The summed E-state index contributed by atoms with van der Waals surface area (Å²) in [4.78, 5) is 19.2. The Labute approximate surface area is 173 Å². The number of nitrogens with zero attached hydrogens (tertiary/aromatic N) is 2. The highest BCUT2D eigenvalue weighted by Gasteiger charge is 2.19. The monoisotopic (exact) mass is 397 g/mol. The van der Waals surface area contributed by atoms with Gasteiger partial charge in [-0.3, -0.25) is 4.79 Å². The highest BCUT2D eigenvalue weighted by Crippen LogP contribution is 2.24. The lowest BCUT2D eigenvalue weighted by molar-refractivity contribution is -0.127. The molecule has 1 saturated heterocycles. The van der Waals surface area contributed by atoms with Gasteiger partial charge in [0.15, 0.2) is 6.10 Å². The summed E-state index contributed by atoms with van der Waals surface area (Å²) in [6.45, 7) is 11.7. The second kappa shape index (κ2) is 9.27. The Morgan fingerprint density at radius 2 is 1.90 bits per heavy atom. The highest BCUT2D eigenvalue weighted by atomic mass is 16.5. The van der Waals surface area contributed by atoms with E-state index in [4.69, 9.17) is 9.47 Å². The zero-order valence-corrected chi connectivity index (χ0v) is 17.8. The van der Waals surface area contributed by atoms with E-state index in [-0.39, 0.29) is 11.3 Å². The van der Waals surface area contributed by atoms with Crippen LogP contribution in [0.3, 0.4) is 0 Å². The Morgan fingerprint density at radius 1 is 1.21 bits per heavy atom. The normalized spacial score (nSPS) is 15.7. The van der Waals surface area contributed by atoms with Gasteiger partial charge in [-0.2, -0.15) is 0 Å². The molecule has 6 nitrogen and oxygen atoms in total. The van der Waals surface area contributed by atoms with Gasteiger partial charge in [-0.15, -0.1) is 0 Å². The summed E-state index contributed by atoms with van der Waals surface area (Å²) in [6.07, 6.45) is 1.20. The molecule has 2 heterocycles. The maximum absolute atomic E-state index is 12.5. The van der Waals surface area contributed by atoms with E-state index in [0.29, 0.717) is 25.5 Å². The Balaban J connectivity index is 1.57. The van der Waals surface area contributed by atoms with Gasteiger partial charge in [-0.25, -0.2) is 4.98 Å². The van der Waals surface area contributed by atoms with Crippen molar-refractivity contribution in [2.75, 3.05) is 31.2 Å². The smallest absolute Gasteiger partial charge is 0.261 e. The summed E-state index contributed by atoms with van der Waals surface area (Å²) in [5.74, 6) is 1.44. The van der Waals surface area contributed by atoms with E-state index in [1.54, 1.807) is 13.1 Å². The van der Waals surface area contributed by atoms with Gasteiger partial charge in [0.25, 0.3) is 5.91 Å². The molecule has 2 aromatic rings. The molecule has 0 spiro atoms. The van der Waals surface area contributed by atoms with Crippen LogP contribution in [0, 0.1) is 0 Å². The number of amides is 1. The van der Waals surface area contributed by atoms with Crippen molar-refractivity contribution in [3.63, 3.8) is 0 Å². The molecule has 6 heteroatoms. The molecule has 0 aliphatic carbocycles. The van der Waals surface area contributed by atoms with E-state index >= 15 is 0 Å². The minimum atomic E-state index is -0.584. The first-order chi connectivity index (χ1) is 13.8. The predicted molar refractivity (Wildman–Crippen MR) is 114 cm³/mol. The summed E-state index contributed by atoms with van der Waals surface area (Å²) < 4.78 is 11.2. The quantitative estimate of drug-likeness (QED) is 0.810. The number of pyridine rings is 1. The molecule has 1 fully saturated rings. The van der Waals surface area contributed by atoms with Gasteiger partial charge in [0.05, 0.1) is 13.2 Å².